The molecular formula is C14H26N2O3. The number of alkyl carbamates (subject to hydrolysis) is 1. The summed E-state index contributed by atoms with van der Waals surface area (Å²) < 4.78 is 10.5. The van der Waals surface area contributed by atoms with Gasteiger partial charge in [-0.2, -0.15) is 0 Å². The maximum absolute atomic E-state index is 11.7. The third-order valence-corrected chi connectivity index (χ3v) is 3.50. The number of ether oxygens (including phenoxy) is 2. The second-order valence-electron chi connectivity index (χ2n) is 6.61. The standard InChI is InChI=1S/C14H26N2O3/c1-14(2,3)19-13(17)16-11-6-4-5-10(7-11)15-12-8-18-9-12/h10-12,15H,4-9H2,1-3H3,(H,16,17). The molecular weight excluding hydrogens is 244 g/mol. The van der Waals surface area contributed by atoms with Gasteiger partial charge in [-0.05, 0) is 46.5 Å². The SMILES string of the molecule is CC(C)(C)OC(=O)NC1CCCC(NC2COC2)C1. The first-order chi connectivity index (χ1) is 8.92. The average molecular weight is 270 g/mol. The van der Waals surface area contributed by atoms with E-state index in [4.69, 9.17) is 9.47 Å². The van der Waals surface area contributed by atoms with E-state index in [1.807, 2.05) is 20.8 Å². The van der Waals surface area contributed by atoms with E-state index in [0.29, 0.717) is 12.1 Å². The van der Waals surface area contributed by atoms with Crippen molar-refractivity contribution in [3.8, 4) is 0 Å². The van der Waals surface area contributed by atoms with E-state index in [2.05, 4.69) is 10.6 Å². The lowest BCUT2D eigenvalue weighted by Gasteiger charge is -2.36. The van der Waals surface area contributed by atoms with Crippen LogP contribution >= 0.6 is 0 Å². The smallest absolute Gasteiger partial charge is 0.407 e. The molecule has 0 bridgehead atoms. The van der Waals surface area contributed by atoms with Crippen LogP contribution in [-0.4, -0.2) is 43.0 Å². The van der Waals surface area contributed by atoms with E-state index < -0.39 is 5.60 Å². The number of carbonyl (C=O) groups is 1. The molecule has 5 heteroatoms. The van der Waals surface area contributed by atoms with Crippen LogP contribution in [0.3, 0.4) is 0 Å². The highest BCUT2D eigenvalue weighted by atomic mass is 16.6. The van der Waals surface area contributed by atoms with Crippen molar-refractivity contribution < 1.29 is 14.3 Å². The lowest BCUT2D eigenvalue weighted by atomic mass is 9.90. The summed E-state index contributed by atoms with van der Waals surface area (Å²) in [6.45, 7) is 7.29. The van der Waals surface area contributed by atoms with Gasteiger partial charge in [0.15, 0.2) is 0 Å². The Hall–Kier alpha value is -0.810. The minimum Gasteiger partial charge on any atom is -0.444 e. The molecule has 0 aromatic carbocycles. The summed E-state index contributed by atoms with van der Waals surface area (Å²) >= 11 is 0. The van der Waals surface area contributed by atoms with Crippen LogP contribution < -0.4 is 10.6 Å². The van der Waals surface area contributed by atoms with Gasteiger partial charge < -0.3 is 20.1 Å². The first-order valence-electron chi connectivity index (χ1n) is 7.26. The molecule has 1 aliphatic carbocycles. The number of carbonyl (C=O) groups excluding carboxylic acids is 1. The summed E-state index contributed by atoms with van der Waals surface area (Å²) in [6, 6.07) is 1.22. The minimum absolute atomic E-state index is 0.224. The molecule has 2 rings (SSSR count). The van der Waals surface area contributed by atoms with Crippen LogP contribution in [0.5, 0.6) is 0 Å². The van der Waals surface area contributed by atoms with Gasteiger partial charge in [0, 0.05) is 12.1 Å². The summed E-state index contributed by atoms with van der Waals surface area (Å²) in [5.74, 6) is 0. The highest BCUT2D eigenvalue weighted by molar-refractivity contribution is 5.68. The van der Waals surface area contributed by atoms with Crippen molar-refractivity contribution in [1.29, 1.82) is 0 Å². The first kappa shape index (κ1) is 14.6. The predicted octanol–water partition coefficient (Wildman–Crippen LogP) is 1.81. The van der Waals surface area contributed by atoms with Crippen LogP contribution in [0.25, 0.3) is 0 Å². The van der Waals surface area contributed by atoms with Gasteiger partial charge in [0.25, 0.3) is 0 Å². The molecule has 2 atom stereocenters. The van der Waals surface area contributed by atoms with E-state index in [9.17, 15) is 4.79 Å². The molecule has 110 valence electrons. The zero-order chi connectivity index (χ0) is 13.9. The minimum atomic E-state index is -0.431. The fraction of sp³-hybridized carbons (Fsp3) is 0.929. The third-order valence-electron chi connectivity index (χ3n) is 3.50. The zero-order valence-corrected chi connectivity index (χ0v) is 12.2. The van der Waals surface area contributed by atoms with E-state index in [1.165, 1.54) is 6.42 Å². The lowest BCUT2D eigenvalue weighted by molar-refractivity contribution is -0.0127. The largest absolute Gasteiger partial charge is 0.444 e. The topological polar surface area (TPSA) is 59.6 Å². The molecule has 2 aliphatic rings. The van der Waals surface area contributed by atoms with Crippen molar-refractivity contribution in [2.45, 2.75) is 70.2 Å². The molecule has 1 saturated carbocycles. The zero-order valence-electron chi connectivity index (χ0n) is 12.2. The number of amides is 1. The van der Waals surface area contributed by atoms with Gasteiger partial charge in [-0.1, -0.05) is 0 Å². The van der Waals surface area contributed by atoms with Gasteiger partial charge in [0.1, 0.15) is 5.60 Å². The van der Waals surface area contributed by atoms with Crippen molar-refractivity contribution in [3.05, 3.63) is 0 Å². The van der Waals surface area contributed by atoms with Crippen molar-refractivity contribution in [2.24, 2.45) is 0 Å². The Balaban J connectivity index is 1.72. The van der Waals surface area contributed by atoms with Gasteiger partial charge in [0.2, 0.25) is 0 Å². The quantitative estimate of drug-likeness (QED) is 0.821. The normalized spacial score (nSPS) is 28.6. The second kappa shape index (κ2) is 6.09. The van der Waals surface area contributed by atoms with E-state index in [1.54, 1.807) is 0 Å². The Labute approximate surface area is 115 Å². The number of hydrogen-bond donors (Lipinski definition) is 2. The van der Waals surface area contributed by atoms with Crippen LogP contribution in [0.4, 0.5) is 4.79 Å². The van der Waals surface area contributed by atoms with Crippen LogP contribution in [0.2, 0.25) is 0 Å². The van der Waals surface area contributed by atoms with Crippen LogP contribution in [0.15, 0.2) is 0 Å². The second-order valence-corrected chi connectivity index (χ2v) is 6.61. The molecule has 1 amide bonds. The molecule has 1 heterocycles. The molecule has 0 spiro atoms. The van der Waals surface area contributed by atoms with Gasteiger partial charge in [0.05, 0.1) is 19.3 Å². The number of rotatable bonds is 3. The molecule has 0 aromatic heterocycles. The Morgan fingerprint density at radius 2 is 1.84 bits per heavy atom. The highest BCUT2D eigenvalue weighted by Gasteiger charge is 2.28. The Kier molecular flexibility index (Phi) is 4.68. The number of hydrogen-bond acceptors (Lipinski definition) is 4. The molecule has 2 N–H and O–H groups in total. The summed E-state index contributed by atoms with van der Waals surface area (Å²) in [6.07, 6.45) is 4.05. The molecule has 0 aromatic rings. The Morgan fingerprint density at radius 3 is 2.42 bits per heavy atom. The van der Waals surface area contributed by atoms with Crippen molar-refractivity contribution in [1.82, 2.24) is 10.6 Å². The fourth-order valence-corrected chi connectivity index (χ4v) is 2.61. The van der Waals surface area contributed by atoms with Gasteiger partial charge in [-0.3, -0.25) is 0 Å². The summed E-state index contributed by atoms with van der Waals surface area (Å²) in [4.78, 5) is 11.7. The molecule has 1 saturated heterocycles. The summed E-state index contributed by atoms with van der Waals surface area (Å²) in [5.41, 5.74) is -0.431. The molecule has 2 fully saturated rings. The van der Waals surface area contributed by atoms with Gasteiger partial charge in [-0.15, -0.1) is 0 Å². The van der Waals surface area contributed by atoms with Crippen molar-refractivity contribution in [3.63, 3.8) is 0 Å². The van der Waals surface area contributed by atoms with Crippen LogP contribution in [0.1, 0.15) is 46.5 Å². The molecule has 2 unspecified atom stereocenters. The van der Waals surface area contributed by atoms with E-state index in [0.717, 1.165) is 32.5 Å². The average Bonchev–Trinajstić information content (AvgIpc) is 2.21. The van der Waals surface area contributed by atoms with E-state index >= 15 is 0 Å². The van der Waals surface area contributed by atoms with Crippen LogP contribution in [0, 0.1) is 0 Å². The lowest BCUT2D eigenvalue weighted by Crippen LogP contribution is -2.53. The van der Waals surface area contributed by atoms with Crippen LogP contribution in [-0.2, 0) is 9.47 Å². The summed E-state index contributed by atoms with van der Waals surface area (Å²) in [5, 5.41) is 6.57. The Morgan fingerprint density at radius 1 is 1.16 bits per heavy atom. The predicted molar refractivity (Wildman–Crippen MR) is 73.2 cm³/mol. The first-order valence-corrected chi connectivity index (χ1v) is 7.26. The number of nitrogens with one attached hydrogen (secondary N) is 2. The molecule has 1 aliphatic heterocycles. The maximum Gasteiger partial charge on any atom is 0.407 e. The summed E-state index contributed by atoms with van der Waals surface area (Å²) in [7, 11) is 0. The van der Waals surface area contributed by atoms with Gasteiger partial charge in [-0.25, -0.2) is 4.79 Å². The third kappa shape index (κ3) is 4.99. The Bertz CT molecular complexity index is 310. The van der Waals surface area contributed by atoms with Crippen molar-refractivity contribution >= 4 is 6.09 Å². The van der Waals surface area contributed by atoms with Crippen molar-refractivity contribution in [2.75, 3.05) is 13.2 Å². The fourth-order valence-electron chi connectivity index (χ4n) is 2.61. The van der Waals surface area contributed by atoms with E-state index in [-0.39, 0.29) is 12.1 Å². The molecule has 0 radical (unpaired) electrons. The monoisotopic (exact) mass is 270 g/mol. The molecule has 5 nitrogen and oxygen atoms in total. The van der Waals surface area contributed by atoms with Gasteiger partial charge >= 0.3 is 6.09 Å². The highest BCUT2D eigenvalue weighted by Crippen LogP contribution is 2.20. The molecule has 19 heavy (non-hydrogen) atoms. The maximum atomic E-state index is 11.7.